The summed E-state index contributed by atoms with van der Waals surface area (Å²) in [4.78, 5) is 0. The van der Waals surface area contributed by atoms with E-state index in [1.165, 1.54) is 25.7 Å². The molecule has 0 amide bonds. The maximum Gasteiger partial charge on any atom is 0.145 e. The lowest BCUT2D eigenvalue weighted by atomic mass is 9.82. The zero-order chi connectivity index (χ0) is 9.45. The largest absolute Gasteiger partial charge is 0.427 e. The van der Waals surface area contributed by atoms with Crippen LogP contribution in [-0.2, 0) is 4.43 Å². The van der Waals surface area contributed by atoms with Gasteiger partial charge >= 0.3 is 0 Å². The normalized spacial score (nSPS) is 12.2. The van der Waals surface area contributed by atoms with Crippen molar-refractivity contribution in [2.75, 3.05) is 11.9 Å². The second kappa shape index (κ2) is 7.10. The van der Waals surface area contributed by atoms with Crippen molar-refractivity contribution in [3.63, 3.8) is 0 Å². The van der Waals surface area contributed by atoms with Crippen molar-refractivity contribution in [2.45, 2.75) is 39.5 Å². The molecule has 0 atom stereocenters. The van der Waals surface area contributed by atoms with E-state index < -0.39 is 0 Å². The predicted octanol–water partition coefficient (Wildman–Crippen LogP) is 2.26. The first-order valence-corrected chi connectivity index (χ1v) is 6.73. The molecule has 0 rings (SSSR count). The minimum atomic E-state index is 0.422. The van der Waals surface area contributed by atoms with Crippen molar-refractivity contribution < 1.29 is 4.43 Å². The molecule has 0 fully saturated rings. The van der Waals surface area contributed by atoms with E-state index >= 15 is 0 Å². The quantitative estimate of drug-likeness (QED) is 0.499. The first-order chi connectivity index (χ1) is 5.74. The summed E-state index contributed by atoms with van der Waals surface area (Å²) >= 11 is 3.61. The third-order valence-corrected chi connectivity index (χ3v) is 3.77. The van der Waals surface area contributed by atoms with Gasteiger partial charge in [0.25, 0.3) is 0 Å². The van der Waals surface area contributed by atoms with Gasteiger partial charge in [0.15, 0.2) is 0 Å². The number of rotatable bonds is 7. The van der Waals surface area contributed by atoms with Crippen LogP contribution in [0, 0.1) is 5.41 Å². The number of hydrogen-bond acceptors (Lipinski definition) is 1. The molecule has 0 heterocycles. The monoisotopic (exact) mass is 252 g/mol. The van der Waals surface area contributed by atoms with Crippen LogP contribution in [0.3, 0.4) is 0 Å². The summed E-state index contributed by atoms with van der Waals surface area (Å²) in [6.45, 7) is 5.45. The van der Waals surface area contributed by atoms with E-state index in [4.69, 9.17) is 4.43 Å². The fourth-order valence-corrected chi connectivity index (χ4v) is 3.14. The van der Waals surface area contributed by atoms with Gasteiger partial charge in [0, 0.05) is 17.4 Å². The van der Waals surface area contributed by atoms with Gasteiger partial charge in [-0.25, -0.2) is 0 Å². The molecule has 0 saturated carbocycles. The molecule has 0 aromatic rings. The summed E-state index contributed by atoms with van der Waals surface area (Å²) < 4.78 is 5.41. The molecule has 0 aliphatic rings. The molecule has 74 valence electrons. The lowest BCUT2D eigenvalue weighted by Gasteiger charge is -2.30. The average Bonchev–Trinajstić information content (AvgIpc) is 2.06. The third-order valence-electron chi connectivity index (χ3n) is 2.29. The van der Waals surface area contributed by atoms with Gasteiger partial charge in [-0.1, -0.05) is 42.6 Å². The van der Waals surface area contributed by atoms with Crippen molar-refractivity contribution in [1.82, 2.24) is 0 Å². The molecule has 0 saturated heterocycles. The Morgan fingerprint density at radius 3 is 2.00 bits per heavy atom. The lowest BCUT2D eigenvalue weighted by molar-refractivity contribution is 0.154. The fraction of sp³-hybridized carbons (Fsp3) is 1.00. The van der Waals surface area contributed by atoms with Crippen LogP contribution < -0.4 is 0 Å². The predicted molar refractivity (Wildman–Crippen MR) is 61.9 cm³/mol. The Morgan fingerprint density at radius 2 is 1.75 bits per heavy atom. The number of alkyl halides is 1. The van der Waals surface area contributed by atoms with Gasteiger partial charge in [-0.05, 0) is 12.8 Å². The first-order valence-electron chi connectivity index (χ1n) is 4.79. The van der Waals surface area contributed by atoms with Gasteiger partial charge in [-0.3, -0.25) is 0 Å². The molecule has 12 heavy (non-hydrogen) atoms. The standard InChI is InChI=1S/C9H21BrOSi/c1-3-5-9(7-10,6-4-2)8-11-12/h3-8H2,1-2,12H3. The molecule has 0 aliphatic carbocycles. The Kier molecular flexibility index (Phi) is 7.49. The number of hydrogen-bond donors (Lipinski definition) is 0. The minimum absolute atomic E-state index is 0.422. The molecule has 0 aromatic carbocycles. The van der Waals surface area contributed by atoms with Crippen molar-refractivity contribution in [3.8, 4) is 0 Å². The van der Waals surface area contributed by atoms with Crippen LogP contribution in [0.25, 0.3) is 0 Å². The highest BCUT2D eigenvalue weighted by atomic mass is 79.9. The summed E-state index contributed by atoms with van der Waals surface area (Å²) in [5.41, 5.74) is 0.422. The number of halogens is 1. The van der Waals surface area contributed by atoms with Gasteiger partial charge in [0.2, 0.25) is 0 Å². The molecule has 1 nitrogen and oxygen atoms in total. The Morgan fingerprint density at radius 1 is 1.25 bits per heavy atom. The first kappa shape index (κ1) is 12.7. The summed E-state index contributed by atoms with van der Waals surface area (Å²) in [6, 6.07) is 0. The molecule has 3 heteroatoms. The lowest BCUT2D eigenvalue weighted by Crippen LogP contribution is -2.28. The average molecular weight is 253 g/mol. The molecule has 0 aliphatic heterocycles. The van der Waals surface area contributed by atoms with Gasteiger partial charge in [-0.2, -0.15) is 0 Å². The van der Waals surface area contributed by atoms with Crippen LogP contribution in [0.2, 0.25) is 0 Å². The van der Waals surface area contributed by atoms with Gasteiger partial charge in [0.1, 0.15) is 10.5 Å². The molecule has 0 bridgehead atoms. The zero-order valence-corrected chi connectivity index (χ0v) is 12.1. The van der Waals surface area contributed by atoms with E-state index in [2.05, 4.69) is 29.8 Å². The third kappa shape index (κ3) is 4.05. The second-order valence-corrected chi connectivity index (χ2v) is 4.70. The molecule has 0 spiro atoms. The van der Waals surface area contributed by atoms with Crippen LogP contribution in [0.5, 0.6) is 0 Å². The van der Waals surface area contributed by atoms with Gasteiger partial charge < -0.3 is 4.43 Å². The Balaban J connectivity index is 4.06. The van der Waals surface area contributed by atoms with Crippen LogP contribution in [-0.4, -0.2) is 22.4 Å². The van der Waals surface area contributed by atoms with E-state index in [-0.39, 0.29) is 0 Å². The molecule has 0 aromatic heterocycles. The van der Waals surface area contributed by atoms with Crippen molar-refractivity contribution >= 4 is 26.4 Å². The van der Waals surface area contributed by atoms with Crippen LogP contribution in [0.15, 0.2) is 0 Å². The summed E-state index contributed by atoms with van der Waals surface area (Å²) in [6.07, 6.45) is 5.09. The van der Waals surface area contributed by atoms with Crippen LogP contribution >= 0.6 is 15.9 Å². The maximum atomic E-state index is 5.41. The molecule has 0 N–H and O–H groups in total. The van der Waals surface area contributed by atoms with E-state index in [1.807, 2.05) is 0 Å². The van der Waals surface area contributed by atoms with Gasteiger partial charge in [0.05, 0.1) is 0 Å². The Hall–Kier alpha value is 0.657. The molecule has 0 radical (unpaired) electrons. The van der Waals surface area contributed by atoms with E-state index in [1.54, 1.807) is 0 Å². The Labute approximate surface area is 87.9 Å². The van der Waals surface area contributed by atoms with Crippen LogP contribution in [0.1, 0.15) is 39.5 Å². The van der Waals surface area contributed by atoms with Crippen molar-refractivity contribution in [2.24, 2.45) is 5.41 Å². The second-order valence-electron chi connectivity index (χ2n) is 3.57. The fourth-order valence-electron chi connectivity index (χ4n) is 1.81. The molecular formula is C9H21BrOSi. The highest BCUT2D eigenvalue weighted by Gasteiger charge is 2.26. The summed E-state index contributed by atoms with van der Waals surface area (Å²) in [7, 11) is 0.868. The topological polar surface area (TPSA) is 9.23 Å². The highest BCUT2D eigenvalue weighted by Crippen LogP contribution is 2.32. The van der Waals surface area contributed by atoms with E-state index in [0.717, 1.165) is 22.4 Å². The zero-order valence-electron chi connectivity index (χ0n) is 8.53. The maximum absolute atomic E-state index is 5.41. The molecular weight excluding hydrogens is 232 g/mol. The van der Waals surface area contributed by atoms with Crippen molar-refractivity contribution in [1.29, 1.82) is 0 Å². The van der Waals surface area contributed by atoms with E-state index in [0.29, 0.717) is 5.41 Å². The van der Waals surface area contributed by atoms with Crippen molar-refractivity contribution in [3.05, 3.63) is 0 Å². The smallest absolute Gasteiger partial charge is 0.145 e. The van der Waals surface area contributed by atoms with Crippen LogP contribution in [0.4, 0.5) is 0 Å². The summed E-state index contributed by atoms with van der Waals surface area (Å²) in [5.74, 6) is 0. The van der Waals surface area contributed by atoms with E-state index in [9.17, 15) is 0 Å². The Bertz CT molecular complexity index is 91.7. The highest BCUT2D eigenvalue weighted by molar-refractivity contribution is 9.09. The van der Waals surface area contributed by atoms with Gasteiger partial charge in [-0.15, -0.1) is 0 Å². The minimum Gasteiger partial charge on any atom is -0.427 e. The summed E-state index contributed by atoms with van der Waals surface area (Å²) in [5, 5.41) is 1.09. The molecule has 0 unspecified atom stereocenters. The SMILES string of the molecule is CCCC(CBr)(CCC)CO[SiH3].